The Hall–Kier alpha value is -3.44. The number of nitrogens with one attached hydrogen (secondary N) is 2. The number of ether oxygens (including phenoxy) is 2. The molecule has 0 bridgehead atoms. The molecule has 0 aliphatic heterocycles. The van der Waals surface area contributed by atoms with Crippen molar-refractivity contribution in [3.8, 4) is 11.5 Å². The number of methoxy groups -OCH3 is 1. The molecule has 6 nitrogen and oxygen atoms in total. The van der Waals surface area contributed by atoms with Crippen molar-refractivity contribution in [2.75, 3.05) is 19.5 Å². The maximum atomic E-state index is 13.6. The summed E-state index contributed by atoms with van der Waals surface area (Å²) in [6, 6.07) is 10.9. The molecule has 0 saturated carbocycles. The minimum Gasteiger partial charge on any atom is -0.494 e. The van der Waals surface area contributed by atoms with Crippen molar-refractivity contribution < 1.29 is 27.0 Å². The predicted molar refractivity (Wildman–Crippen MR) is 123 cm³/mol. The molecule has 0 spiro atoms. The molecule has 0 amide bonds. The average Bonchev–Trinajstić information content (AvgIpc) is 3.10. The number of hydrogen-bond acceptors (Lipinski definition) is 6. The molecule has 2 aromatic heterocycles. The Bertz CT molecular complexity index is 1310. The SMILES string of the molecule is CNCc1cn(Sc2cncc(F)c2)c2cc(Nc3ccc(OC(F)(F)F)cc3OC)ccc12. The smallest absolute Gasteiger partial charge is 0.494 e. The van der Waals surface area contributed by atoms with E-state index in [-0.39, 0.29) is 11.5 Å². The first-order chi connectivity index (χ1) is 16.3. The Morgan fingerprint density at radius 3 is 2.62 bits per heavy atom. The van der Waals surface area contributed by atoms with Crippen LogP contribution in [0, 0.1) is 5.82 Å². The van der Waals surface area contributed by atoms with E-state index in [2.05, 4.69) is 20.4 Å². The van der Waals surface area contributed by atoms with Gasteiger partial charge in [-0.3, -0.25) is 8.96 Å². The Morgan fingerprint density at radius 1 is 1.09 bits per heavy atom. The van der Waals surface area contributed by atoms with Crippen LogP contribution in [0.2, 0.25) is 0 Å². The number of fused-ring (bicyclic) bond motifs is 1. The van der Waals surface area contributed by atoms with Gasteiger partial charge in [-0.15, -0.1) is 13.2 Å². The van der Waals surface area contributed by atoms with Crippen LogP contribution in [0.15, 0.2) is 66.0 Å². The molecule has 4 rings (SSSR count). The molecule has 2 aromatic carbocycles. The molecule has 0 aliphatic rings. The second kappa shape index (κ2) is 9.82. The molecule has 178 valence electrons. The summed E-state index contributed by atoms with van der Waals surface area (Å²) in [6.07, 6.45) is -0.111. The van der Waals surface area contributed by atoms with E-state index in [1.807, 2.05) is 35.4 Å². The quantitative estimate of drug-likeness (QED) is 0.290. The molecule has 0 saturated heterocycles. The van der Waals surface area contributed by atoms with Crippen LogP contribution in [0.3, 0.4) is 0 Å². The van der Waals surface area contributed by atoms with Crippen LogP contribution in [-0.4, -0.2) is 29.5 Å². The summed E-state index contributed by atoms with van der Waals surface area (Å²) in [5, 5.41) is 7.31. The van der Waals surface area contributed by atoms with Crippen molar-refractivity contribution in [3.63, 3.8) is 0 Å². The molecular weight excluding hydrogens is 472 g/mol. The normalized spacial score (nSPS) is 11.6. The highest BCUT2D eigenvalue weighted by atomic mass is 32.2. The van der Waals surface area contributed by atoms with E-state index in [0.29, 0.717) is 22.8 Å². The van der Waals surface area contributed by atoms with Gasteiger partial charge in [0.1, 0.15) is 17.3 Å². The molecule has 11 heteroatoms. The van der Waals surface area contributed by atoms with Crippen molar-refractivity contribution in [3.05, 3.63) is 72.4 Å². The van der Waals surface area contributed by atoms with Gasteiger partial charge in [-0.1, -0.05) is 6.07 Å². The van der Waals surface area contributed by atoms with E-state index in [4.69, 9.17) is 4.74 Å². The highest BCUT2D eigenvalue weighted by molar-refractivity contribution is 7.98. The lowest BCUT2D eigenvalue weighted by Crippen LogP contribution is -2.17. The zero-order chi connectivity index (χ0) is 24.3. The van der Waals surface area contributed by atoms with Gasteiger partial charge in [0.05, 0.1) is 29.4 Å². The Kier molecular flexibility index (Phi) is 6.85. The summed E-state index contributed by atoms with van der Waals surface area (Å²) < 4.78 is 62.3. The van der Waals surface area contributed by atoms with Crippen LogP contribution < -0.4 is 20.1 Å². The highest BCUT2D eigenvalue weighted by Gasteiger charge is 2.31. The first-order valence-corrected chi connectivity index (χ1v) is 10.8. The van der Waals surface area contributed by atoms with Crippen LogP contribution in [0.25, 0.3) is 10.9 Å². The Labute approximate surface area is 197 Å². The standard InChI is InChI=1S/C23H20F4N4O2S/c1-28-10-14-13-31(34-18-7-15(24)11-29-12-18)21-8-16(3-5-19(14)21)30-20-6-4-17(9-22(20)32-2)33-23(25,26)27/h3-9,11-13,28,30H,10H2,1-2H3. The molecule has 34 heavy (non-hydrogen) atoms. The van der Waals surface area contributed by atoms with E-state index in [0.717, 1.165) is 28.7 Å². The van der Waals surface area contributed by atoms with Gasteiger partial charge in [0.25, 0.3) is 0 Å². The third kappa shape index (κ3) is 5.54. The summed E-state index contributed by atoms with van der Waals surface area (Å²) in [5.74, 6) is -0.617. The van der Waals surface area contributed by atoms with Crippen LogP contribution >= 0.6 is 11.9 Å². The van der Waals surface area contributed by atoms with Gasteiger partial charge in [-0.05, 0) is 54.9 Å². The van der Waals surface area contributed by atoms with Crippen molar-refractivity contribution >= 4 is 34.2 Å². The highest BCUT2D eigenvalue weighted by Crippen LogP contribution is 2.36. The van der Waals surface area contributed by atoms with E-state index >= 15 is 0 Å². The second-order valence-electron chi connectivity index (χ2n) is 7.21. The third-order valence-corrected chi connectivity index (χ3v) is 5.72. The number of halogens is 4. The minimum atomic E-state index is -4.80. The second-order valence-corrected chi connectivity index (χ2v) is 8.25. The fraction of sp³-hybridized carbons (Fsp3) is 0.174. The fourth-order valence-electron chi connectivity index (χ4n) is 3.43. The summed E-state index contributed by atoms with van der Waals surface area (Å²) in [4.78, 5) is 4.53. The van der Waals surface area contributed by atoms with Gasteiger partial charge >= 0.3 is 6.36 Å². The first kappa shape index (κ1) is 23.7. The van der Waals surface area contributed by atoms with Crippen molar-refractivity contribution in [1.29, 1.82) is 0 Å². The van der Waals surface area contributed by atoms with Crippen LogP contribution in [0.5, 0.6) is 11.5 Å². The van der Waals surface area contributed by atoms with Gasteiger partial charge in [0.2, 0.25) is 0 Å². The molecule has 0 aliphatic carbocycles. The van der Waals surface area contributed by atoms with Gasteiger partial charge in [0.15, 0.2) is 0 Å². The zero-order valence-electron chi connectivity index (χ0n) is 18.1. The molecule has 0 radical (unpaired) electrons. The maximum Gasteiger partial charge on any atom is 0.573 e. The fourth-order valence-corrected chi connectivity index (χ4v) is 4.36. The summed E-state index contributed by atoms with van der Waals surface area (Å²) in [7, 11) is 3.21. The number of rotatable bonds is 8. The maximum absolute atomic E-state index is 13.6. The van der Waals surface area contributed by atoms with Gasteiger partial charge in [-0.2, -0.15) is 0 Å². The van der Waals surface area contributed by atoms with Gasteiger partial charge in [0, 0.05) is 36.1 Å². The van der Waals surface area contributed by atoms with Gasteiger partial charge in [-0.25, -0.2) is 4.39 Å². The number of nitrogens with zero attached hydrogens (tertiary/aromatic N) is 2. The van der Waals surface area contributed by atoms with E-state index < -0.39 is 12.2 Å². The molecule has 0 atom stereocenters. The van der Waals surface area contributed by atoms with Crippen LogP contribution in [0.1, 0.15) is 5.56 Å². The molecule has 2 N–H and O–H groups in total. The number of benzene rings is 2. The number of anilines is 2. The molecule has 0 fully saturated rings. The van der Waals surface area contributed by atoms with E-state index in [9.17, 15) is 17.6 Å². The lowest BCUT2D eigenvalue weighted by atomic mass is 10.1. The summed E-state index contributed by atoms with van der Waals surface area (Å²) in [6.45, 7) is 0.632. The van der Waals surface area contributed by atoms with E-state index in [1.165, 1.54) is 37.3 Å². The number of alkyl halides is 3. The van der Waals surface area contributed by atoms with Crippen LogP contribution in [0.4, 0.5) is 28.9 Å². The van der Waals surface area contributed by atoms with Crippen molar-refractivity contribution in [2.24, 2.45) is 0 Å². The lowest BCUT2D eigenvalue weighted by molar-refractivity contribution is -0.274. The van der Waals surface area contributed by atoms with Crippen LogP contribution in [-0.2, 0) is 6.54 Å². The largest absolute Gasteiger partial charge is 0.573 e. The molecule has 4 aromatic rings. The third-order valence-electron chi connectivity index (χ3n) is 4.79. The first-order valence-electron chi connectivity index (χ1n) is 10.0. The number of aromatic nitrogens is 2. The average molecular weight is 492 g/mol. The van der Waals surface area contributed by atoms with E-state index in [1.54, 1.807) is 6.20 Å². The monoisotopic (exact) mass is 492 g/mol. The van der Waals surface area contributed by atoms with Gasteiger partial charge < -0.3 is 20.1 Å². The predicted octanol–water partition coefficient (Wildman–Crippen LogP) is 6.10. The minimum absolute atomic E-state index is 0.188. The Balaban J connectivity index is 1.67. The summed E-state index contributed by atoms with van der Waals surface area (Å²) in [5.41, 5.74) is 3.06. The summed E-state index contributed by atoms with van der Waals surface area (Å²) >= 11 is 1.32. The topological polar surface area (TPSA) is 60.3 Å². The zero-order valence-corrected chi connectivity index (χ0v) is 18.9. The van der Waals surface area contributed by atoms with Crippen molar-refractivity contribution in [1.82, 2.24) is 14.3 Å². The number of pyridine rings is 1. The number of hydrogen-bond donors (Lipinski definition) is 2. The molecular formula is C23H20F4N4O2S. The Morgan fingerprint density at radius 2 is 1.91 bits per heavy atom. The lowest BCUT2D eigenvalue weighted by Gasteiger charge is -2.15. The molecule has 2 heterocycles. The van der Waals surface area contributed by atoms with Crippen molar-refractivity contribution in [2.45, 2.75) is 17.8 Å². The molecule has 0 unspecified atom stereocenters.